The van der Waals surface area contributed by atoms with E-state index in [4.69, 9.17) is 4.98 Å². The van der Waals surface area contributed by atoms with Crippen LogP contribution in [0.5, 0.6) is 0 Å². The van der Waals surface area contributed by atoms with E-state index in [1.54, 1.807) is 12.3 Å². The van der Waals surface area contributed by atoms with Crippen molar-refractivity contribution in [3.63, 3.8) is 0 Å². The third-order valence-electron chi connectivity index (χ3n) is 5.29. The van der Waals surface area contributed by atoms with Crippen LogP contribution in [-0.4, -0.2) is 29.1 Å². The number of rotatable bonds is 5. The van der Waals surface area contributed by atoms with Gasteiger partial charge in [0, 0.05) is 42.0 Å². The average molecular weight is 438 g/mol. The van der Waals surface area contributed by atoms with E-state index in [1.165, 1.54) is 6.07 Å². The Hall–Kier alpha value is -3.22. The number of pyridine rings is 2. The maximum Gasteiger partial charge on any atom is 0.319 e. The van der Waals surface area contributed by atoms with Gasteiger partial charge < -0.3 is 16.0 Å². The summed E-state index contributed by atoms with van der Waals surface area (Å²) in [6, 6.07) is 6.54. The number of hydrogen-bond donors (Lipinski definition) is 3. The fourth-order valence-electron chi connectivity index (χ4n) is 3.98. The first-order valence-electron chi connectivity index (χ1n) is 10.8. The maximum atomic E-state index is 14.7. The number of nitrogens with one attached hydrogen (secondary N) is 3. The largest absolute Gasteiger partial charge is 0.373 e. The molecule has 170 valence electrons. The topological polar surface area (TPSA) is 78.9 Å². The number of carbonyl (C=O) groups is 1. The zero-order valence-electron chi connectivity index (χ0n) is 19.9. The number of carbonyl (C=O) groups excluding carboxylic acids is 1. The number of amides is 2. The Morgan fingerprint density at radius 2 is 1.84 bits per heavy atom. The minimum Gasteiger partial charge on any atom is -0.373 e. The summed E-state index contributed by atoms with van der Waals surface area (Å²) in [6.45, 7) is 12.1. The molecular weight excluding hydrogens is 405 g/mol. The maximum absolute atomic E-state index is 14.7. The summed E-state index contributed by atoms with van der Waals surface area (Å²) < 4.78 is 14.7. The second kappa shape index (κ2) is 9.10. The number of nitrogens with zero attached hydrogens (tertiary/aromatic N) is 2. The molecule has 3 aromatic rings. The molecule has 2 amide bonds. The van der Waals surface area contributed by atoms with Crippen LogP contribution in [0.15, 0.2) is 30.5 Å². The van der Waals surface area contributed by atoms with Crippen LogP contribution in [0.3, 0.4) is 0 Å². The van der Waals surface area contributed by atoms with E-state index in [1.807, 2.05) is 40.0 Å². The van der Waals surface area contributed by atoms with Gasteiger partial charge in [-0.25, -0.2) is 14.2 Å². The third-order valence-corrected chi connectivity index (χ3v) is 5.29. The summed E-state index contributed by atoms with van der Waals surface area (Å²) in [5, 5.41) is 9.46. The van der Waals surface area contributed by atoms with Gasteiger partial charge >= 0.3 is 6.03 Å². The van der Waals surface area contributed by atoms with Crippen LogP contribution in [-0.2, 0) is 0 Å². The van der Waals surface area contributed by atoms with E-state index in [0.29, 0.717) is 0 Å². The lowest BCUT2D eigenvalue weighted by Gasteiger charge is -2.24. The van der Waals surface area contributed by atoms with Crippen molar-refractivity contribution in [1.82, 2.24) is 15.3 Å². The van der Waals surface area contributed by atoms with Crippen LogP contribution in [0.2, 0.25) is 0 Å². The van der Waals surface area contributed by atoms with Crippen molar-refractivity contribution < 1.29 is 9.18 Å². The molecule has 0 unspecified atom stereocenters. The summed E-state index contributed by atoms with van der Waals surface area (Å²) >= 11 is 0. The average Bonchev–Trinajstić information content (AvgIpc) is 2.67. The molecule has 0 spiro atoms. The van der Waals surface area contributed by atoms with Crippen molar-refractivity contribution in [2.75, 3.05) is 17.7 Å². The Balaban J connectivity index is 1.91. The Labute approximate surface area is 189 Å². The first kappa shape index (κ1) is 23.4. The molecule has 0 saturated heterocycles. The summed E-state index contributed by atoms with van der Waals surface area (Å²) in [7, 11) is 1.81. The smallest absolute Gasteiger partial charge is 0.319 e. The van der Waals surface area contributed by atoms with Crippen LogP contribution in [0.25, 0.3) is 22.0 Å². The molecule has 0 aliphatic heterocycles. The number of aryl methyl sites for hydroxylation is 2. The lowest BCUT2D eigenvalue weighted by Crippen LogP contribution is -2.38. The predicted molar refractivity (Wildman–Crippen MR) is 130 cm³/mol. The number of benzene rings is 1. The van der Waals surface area contributed by atoms with Crippen LogP contribution >= 0.6 is 0 Å². The van der Waals surface area contributed by atoms with Gasteiger partial charge in [0.2, 0.25) is 0 Å². The SMILES string of the molecule is CNc1cc2nc(C)c(-c3cc(NC(=O)N[C@@H](C)CC(C)(C)C)c(F)cc3C)cc2cn1. The van der Waals surface area contributed by atoms with Crippen molar-refractivity contribution >= 4 is 28.4 Å². The van der Waals surface area contributed by atoms with Gasteiger partial charge in [0.15, 0.2) is 0 Å². The summed E-state index contributed by atoms with van der Waals surface area (Å²) in [4.78, 5) is 21.6. The molecule has 0 aliphatic carbocycles. The molecule has 1 aromatic carbocycles. The van der Waals surface area contributed by atoms with Crippen molar-refractivity contribution in [3.8, 4) is 11.1 Å². The van der Waals surface area contributed by atoms with E-state index in [0.717, 1.165) is 45.5 Å². The number of fused-ring (bicyclic) bond motifs is 1. The molecule has 0 saturated carbocycles. The van der Waals surface area contributed by atoms with Crippen molar-refractivity contribution in [2.24, 2.45) is 5.41 Å². The fourth-order valence-corrected chi connectivity index (χ4v) is 3.98. The zero-order chi connectivity index (χ0) is 23.6. The Kier molecular flexibility index (Phi) is 6.67. The van der Waals surface area contributed by atoms with Crippen molar-refractivity contribution in [2.45, 2.75) is 54.0 Å². The minimum atomic E-state index is -0.475. The normalized spacial score (nSPS) is 12.5. The van der Waals surface area contributed by atoms with Crippen molar-refractivity contribution in [3.05, 3.63) is 47.5 Å². The molecule has 2 aromatic heterocycles. The molecule has 32 heavy (non-hydrogen) atoms. The Morgan fingerprint density at radius 1 is 1.12 bits per heavy atom. The third kappa shape index (κ3) is 5.52. The molecule has 2 heterocycles. The molecule has 0 aliphatic rings. The highest BCUT2D eigenvalue weighted by atomic mass is 19.1. The number of urea groups is 1. The number of hydrogen-bond acceptors (Lipinski definition) is 4. The lowest BCUT2D eigenvalue weighted by atomic mass is 9.89. The number of halogens is 1. The first-order chi connectivity index (χ1) is 15.0. The molecule has 3 rings (SSSR count). The number of aromatic nitrogens is 2. The molecule has 7 heteroatoms. The van der Waals surface area contributed by atoms with Gasteiger partial charge in [-0.2, -0.15) is 0 Å². The standard InChI is InChI=1S/C25H32FN5O/c1-14-8-20(26)22(31-24(32)29-15(2)12-25(4,5)6)10-18(14)19-9-17-13-28-23(27-7)11-21(17)30-16(19)3/h8-11,13,15H,12H2,1-7H3,(H,27,28)(H2,29,31,32)/t15-/m0/s1. The van der Waals surface area contributed by atoms with Crippen LogP contribution < -0.4 is 16.0 Å². The Bertz CT molecular complexity index is 1150. The molecule has 6 nitrogen and oxygen atoms in total. The zero-order valence-corrected chi connectivity index (χ0v) is 19.9. The Morgan fingerprint density at radius 3 is 2.50 bits per heavy atom. The highest BCUT2D eigenvalue weighted by Gasteiger charge is 2.18. The van der Waals surface area contributed by atoms with Crippen LogP contribution in [0, 0.1) is 25.1 Å². The summed E-state index contributed by atoms with van der Waals surface area (Å²) in [5.74, 6) is 0.268. The predicted octanol–water partition coefficient (Wildman–Crippen LogP) is 6.04. The van der Waals surface area contributed by atoms with Gasteiger partial charge in [-0.3, -0.25) is 4.98 Å². The van der Waals surface area contributed by atoms with Gasteiger partial charge in [0.05, 0.1) is 11.2 Å². The monoisotopic (exact) mass is 437 g/mol. The van der Waals surface area contributed by atoms with E-state index >= 15 is 0 Å². The van der Waals surface area contributed by atoms with E-state index < -0.39 is 11.8 Å². The highest BCUT2D eigenvalue weighted by molar-refractivity contribution is 5.92. The molecule has 1 atom stereocenters. The van der Waals surface area contributed by atoms with Crippen LogP contribution in [0.4, 0.5) is 20.7 Å². The highest BCUT2D eigenvalue weighted by Crippen LogP contribution is 2.32. The molecule has 0 bridgehead atoms. The van der Waals surface area contributed by atoms with E-state index in [2.05, 4.69) is 41.7 Å². The lowest BCUT2D eigenvalue weighted by molar-refractivity contribution is 0.243. The minimum absolute atomic E-state index is 0.0371. The van der Waals surface area contributed by atoms with Gasteiger partial charge in [-0.15, -0.1) is 0 Å². The van der Waals surface area contributed by atoms with Gasteiger partial charge in [-0.1, -0.05) is 20.8 Å². The first-order valence-corrected chi connectivity index (χ1v) is 10.8. The van der Waals surface area contributed by atoms with E-state index in [9.17, 15) is 9.18 Å². The second-order valence-corrected chi connectivity index (χ2v) is 9.54. The molecule has 0 radical (unpaired) electrons. The summed E-state index contributed by atoms with van der Waals surface area (Å²) in [5.41, 5.74) is 4.31. The molecule has 0 fully saturated rings. The van der Waals surface area contributed by atoms with Gasteiger partial charge in [-0.05, 0) is 61.9 Å². The van der Waals surface area contributed by atoms with Gasteiger partial charge in [0.25, 0.3) is 0 Å². The van der Waals surface area contributed by atoms with Crippen molar-refractivity contribution in [1.29, 1.82) is 0 Å². The molecule has 3 N–H and O–H groups in total. The summed E-state index contributed by atoms with van der Waals surface area (Å²) in [6.07, 6.45) is 2.58. The fraction of sp³-hybridized carbons (Fsp3) is 0.400. The molecular formula is C25H32FN5O. The van der Waals surface area contributed by atoms with Crippen LogP contribution in [0.1, 0.15) is 45.4 Å². The second-order valence-electron chi connectivity index (χ2n) is 9.54. The quantitative estimate of drug-likeness (QED) is 0.455. The number of anilines is 2. The van der Waals surface area contributed by atoms with Gasteiger partial charge in [0.1, 0.15) is 11.6 Å². The van der Waals surface area contributed by atoms with E-state index in [-0.39, 0.29) is 17.1 Å².